The molecule has 15 heavy (non-hydrogen) atoms. The number of alkyl halides is 1. The Morgan fingerprint density at radius 2 is 2.13 bits per heavy atom. The molecule has 0 atom stereocenters. The van der Waals surface area contributed by atoms with Crippen molar-refractivity contribution in [3.63, 3.8) is 0 Å². The van der Waals surface area contributed by atoms with E-state index in [9.17, 15) is 8.78 Å². The molecule has 1 heterocycles. The summed E-state index contributed by atoms with van der Waals surface area (Å²) in [5, 5.41) is 7.30. The van der Waals surface area contributed by atoms with Gasteiger partial charge in [0, 0.05) is 6.07 Å². The monoisotopic (exact) mass is 229 g/mol. The highest BCUT2D eigenvalue weighted by Crippen LogP contribution is 2.16. The Bertz CT molecular complexity index is 484. The molecule has 0 N–H and O–H groups in total. The first-order valence-corrected chi connectivity index (χ1v) is 4.66. The van der Waals surface area contributed by atoms with Gasteiger partial charge in [0.2, 0.25) is 0 Å². The van der Waals surface area contributed by atoms with Crippen molar-refractivity contribution in [2.45, 2.75) is 5.88 Å². The Kier molecular flexibility index (Phi) is 2.64. The van der Waals surface area contributed by atoms with Crippen molar-refractivity contribution >= 4 is 11.6 Å². The summed E-state index contributed by atoms with van der Waals surface area (Å²) in [4.78, 5) is 0. The number of hydrogen-bond acceptors (Lipinski definition) is 2. The third-order valence-corrected chi connectivity index (χ3v) is 2.15. The van der Waals surface area contributed by atoms with Gasteiger partial charge in [0.15, 0.2) is 5.82 Å². The zero-order valence-electron chi connectivity index (χ0n) is 7.49. The molecule has 1 aromatic carbocycles. The predicted molar refractivity (Wildman–Crippen MR) is 50.8 cm³/mol. The highest BCUT2D eigenvalue weighted by atomic mass is 35.5. The van der Waals surface area contributed by atoms with Gasteiger partial charge in [-0.3, -0.25) is 4.57 Å². The summed E-state index contributed by atoms with van der Waals surface area (Å²) in [6.45, 7) is 0. The van der Waals surface area contributed by atoms with E-state index in [0.29, 0.717) is 5.82 Å². The molecule has 0 unspecified atom stereocenters. The summed E-state index contributed by atoms with van der Waals surface area (Å²) >= 11 is 5.59. The summed E-state index contributed by atoms with van der Waals surface area (Å²) in [6.07, 6.45) is 1.33. The molecule has 0 aliphatic rings. The van der Waals surface area contributed by atoms with E-state index in [4.69, 9.17) is 11.6 Å². The van der Waals surface area contributed by atoms with Crippen molar-refractivity contribution in [2.24, 2.45) is 0 Å². The number of aromatic nitrogens is 3. The molecule has 1 aromatic heterocycles. The lowest BCUT2D eigenvalue weighted by molar-refractivity contribution is 0.576. The number of hydrogen-bond donors (Lipinski definition) is 0. The number of benzene rings is 1. The van der Waals surface area contributed by atoms with Crippen LogP contribution in [0.25, 0.3) is 5.69 Å². The molecule has 0 aliphatic carbocycles. The van der Waals surface area contributed by atoms with Gasteiger partial charge in [0.05, 0.1) is 11.6 Å². The van der Waals surface area contributed by atoms with Crippen LogP contribution in [0.3, 0.4) is 0 Å². The van der Waals surface area contributed by atoms with Gasteiger partial charge in [-0.25, -0.2) is 8.78 Å². The van der Waals surface area contributed by atoms with E-state index < -0.39 is 11.6 Å². The minimum absolute atomic E-state index is 0.108. The van der Waals surface area contributed by atoms with Crippen LogP contribution in [-0.2, 0) is 5.88 Å². The largest absolute Gasteiger partial charge is 0.282 e. The molecule has 0 fully saturated rings. The molecule has 0 aliphatic heterocycles. The number of halogens is 3. The second kappa shape index (κ2) is 3.94. The Morgan fingerprint density at radius 3 is 2.80 bits per heavy atom. The van der Waals surface area contributed by atoms with Crippen LogP contribution in [0, 0.1) is 11.6 Å². The maximum Gasteiger partial charge on any atom is 0.152 e. The Balaban J connectivity index is 2.54. The summed E-state index contributed by atoms with van der Waals surface area (Å²) in [6, 6.07) is 3.27. The van der Waals surface area contributed by atoms with Crippen molar-refractivity contribution in [3.8, 4) is 5.69 Å². The fourth-order valence-electron chi connectivity index (χ4n) is 1.23. The minimum atomic E-state index is -0.679. The van der Waals surface area contributed by atoms with E-state index in [2.05, 4.69) is 10.2 Å². The normalized spacial score (nSPS) is 10.6. The Labute approximate surface area is 89.3 Å². The first kappa shape index (κ1) is 10.0. The zero-order chi connectivity index (χ0) is 10.8. The van der Waals surface area contributed by atoms with Crippen molar-refractivity contribution < 1.29 is 8.78 Å². The van der Waals surface area contributed by atoms with Crippen LogP contribution < -0.4 is 0 Å². The van der Waals surface area contributed by atoms with Gasteiger partial charge in [-0.05, 0) is 12.1 Å². The fraction of sp³-hybridized carbons (Fsp3) is 0.111. The van der Waals surface area contributed by atoms with Crippen LogP contribution in [0.1, 0.15) is 5.82 Å². The Morgan fingerprint density at radius 1 is 1.33 bits per heavy atom. The predicted octanol–water partition coefficient (Wildman–Crippen LogP) is 2.28. The molecule has 0 saturated heterocycles. The molecule has 3 nitrogen and oxygen atoms in total. The third-order valence-electron chi connectivity index (χ3n) is 1.91. The molecule has 2 aromatic rings. The molecule has 0 bridgehead atoms. The smallest absolute Gasteiger partial charge is 0.152 e. The van der Waals surface area contributed by atoms with Crippen LogP contribution in [0.5, 0.6) is 0 Å². The van der Waals surface area contributed by atoms with Gasteiger partial charge >= 0.3 is 0 Å². The van der Waals surface area contributed by atoms with E-state index in [-0.39, 0.29) is 11.6 Å². The minimum Gasteiger partial charge on any atom is -0.282 e. The van der Waals surface area contributed by atoms with Gasteiger partial charge < -0.3 is 0 Å². The Hall–Kier alpha value is -1.49. The fourth-order valence-corrected chi connectivity index (χ4v) is 1.41. The van der Waals surface area contributed by atoms with Crippen LogP contribution in [0.15, 0.2) is 24.5 Å². The lowest BCUT2D eigenvalue weighted by Crippen LogP contribution is -2.01. The lowest BCUT2D eigenvalue weighted by atomic mass is 10.3. The van der Waals surface area contributed by atoms with E-state index in [0.717, 1.165) is 12.1 Å². The van der Waals surface area contributed by atoms with Crippen LogP contribution in [-0.4, -0.2) is 14.8 Å². The summed E-state index contributed by atoms with van der Waals surface area (Å²) in [7, 11) is 0. The molecule has 0 spiro atoms. The second-order valence-electron chi connectivity index (χ2n) is 2.85. The summed E-state index contributed by atoms with van der Waals surface area (Å²) in [5.41, 5.74) is 0.178. The van der Waals surface area contributed by atoms with Gasteiger partial charge in [-0.1, -0.05) is 0 Å². The zero-order valence-corrected chi connectivity index (χ0v) is 8.25. The van der Waals surface area contributed by atoms with E-state index in [1.54, 1.807) is 0 Å². The average Bonchev–Trinajstić information content (AvgIpc) is 2.65. The van der Waals surface area contributed by atoms with Crippen LogP contribution in [0.2, 0.25) is 0 Å². The molecule has 0 amide bonds. The highest BCUT2D eigenvalue weighted by Gasteiger charge is 2.10. The van der Waals surface area contributed by atoms with Crippen molar-refractivity contribution in [1.29, 1.82) is 0 Å². The number of nitrogens with zero attached hydrogens (tertiary/aromatic N) is 3. The van der Waals surface area contributed by atoms with Gasteiger partial charge in [-0.2, -0.15) is 0 Å². The lowest BCUT2D eigenvalue weighted by Gasteiger charge is -2.05. The standard InChI is InChI=1S/C9H6ClF2N3/c10-4-9-14-13-5-15(9)8-2-1-6(11)3-7(8)12/h1-3,5H,4H2. The van der Waals surface area contributed by atoms with Crippen LogP contribution in [0.4, 0.5) is 8.78 Å². The molecule has 0 saturated carbocycles. The molecule has 6 heteroatoms. The second-order valence-corrected chi connectivity index (χ2v) is 3.11. The summed E-state index contributed by atoms with van der Waals surface area (Å²) in [5.74, 6) is -0.795. The third kappa shape index (κ3) is 1.83. The molecule has 0 radical (unpaired) electrons. The van der Waals surface area contributed by atoms with Gasteiger partial charge in [0.1, 0.15) is 18.0 Å². The SMILES string of the molecule is Fc1ccc(-n2cnnc2CCl)c(F)c1. The first-order valence-electron chi connectivity index (χ1n) is 4.12. The van der Waals surface area contributed by atoms with Crippen molar-refractivity contribution in [1.82, 2.24) is 14.8 Å². The van der Waals surface area contributed by atoms with Gasteiger partial charge in [-0.15, -0.1) is 21.8 Å². The van der Waals surface area contributed by atoms with Gasteiger partial charge in [0.25, 0.3) is 0 Å². The number of rotatable bonds is 2. The molecule has 2 rings (SSSR count). The van der Waals surface area contributed by atoms with E-state index >= 15 is 0 Å². The van der Waals surface area contributed by atoms with Crippen molar-refractivity contribution in [3.05, 3.63) is 42.0 Å². The first-order chi connectivity index (χ1) is 7.22. The topological polar surface area (TPSA) is 30.7 Å². The van der Waals surface area contributed by atoms with Crippen molar-refractivity contribution in [2.75, 3.05) is 0 Å². The molecule has 78 valence electrons. The van der Waals surface area contributed by atoms with Crippen LogP contribution >= 0.6 is 11.6 Å². The maximum atomic E-state index is 13.4. The van der Waals surface area contributed by atoms with E-state index in [1.807, 2.05) is 0 Å². The molecular weight excluding hydrogens is 224 g/mol. The highest BCUT2D eigenvalue weighted by molar-refractivity contribution is 6.16. The quantitative estimate of drug-likeness (QED) is 0.740. The summed E-state index contributed by atoms with van der Waals surface area (Å²) < 4.78 is 27.4. The van der Waals surface area contributed by atoms with E-state index in [1.165, 1.54) is 17.0 Å². The maximum absolute atomic E-state index is 13.4. The average molecular weight is 230 g/mol. The molecular formula is C9H6ClF2N3.